The van der Waals surface area contributed by atoms with Gasteiger partial charge in [0.2, 0.25) is 11.8 Å². The molecule has 8 heteroatoms. The molecule has 1 aromatic heterocycles. The van der Waals surface area contributed by atoms with Crippen LogP contribution in [-0.4, -0.2) is 53.2 Å². The summed E-state index contributed by atoms with van der Waals surface area (Å²) in [7, 11) is 3.44. The van der Waals surface area contributed by atoms with Crippen LogP contribution >= 0.6 is 0 Å². The van der Waals surface area contributed by atoms with E-state index in [4.69, 9.17) is 9.26 Å². The van der Waals surface area contributed by atoms with Crippen molar-refractivity contribution in [3.63, 3.8) is 0 Å². The third kappa shape index (κ3) is 12.2. The van der Waals surface area contributed by atoms with Gasteiger partial charge in [0.15, 0.2) is 5.82 Å². The maximum Gasteiger partial charge on any atom is 0.307 e. The Morgan fingerprint density at radius 3 is 2.48 bits per heavy atom. The lowest BCUT2D eigenvalue weighted by atomic mass is 9.84. The summed E-state index contributed by atoms with van der Waals surface area (Å²) in [5, 5.41) is 6.68. The predicted molar refractivity (Wildman–Crippen MR) is 130 cm³/mol. The molecule has 1 aliphatic rings. The summed E-state index contributed by atoms with van der Waals surface area (Å²) in [6.07, 6.45) is 9.94. The fraction of sp³-hybridized carbons (Fsp3) is 0.840. The van der Waals surface area contributed by atoms with Crippen molar-refractivity contribution in [1.29, 1.82) is 0 Å². The van der Waals surface area contributed by atoms with Gasteiger partial charge in [0.05, 0.1) is 19.5 Å². The first-order valence-corrected chi connectivity index (χ1v) is 12.6. The average molecular weight is 467 g/mol. The van der Waals surface area contributed by atoms with E-state index in [1.807, 2.05) is 46.6 Å². The minimum Gasteiger partial charge on any atom is -0.460 e. The second kappa shape index (κ2) is 15.0. The zero-order chi connectivity index (χ0) is 24.9. The highest BCUT2D eigenvalue weighted by atomic mass is 16.6. The van der Waals surface area contributed by atoms with Gasteiger partial charge in [-0.05, 0) is 40.2 Å². The number of carbonyl (C=O) groups excluding carboxylic acids is 2. The number of rotatable bonds is 11. The highest BCUT2D eigenvalue weighted by Crippen LogP contribution is 2.31. The van der Waals surface area contributed by atoms with Crippen molar-refractivity contribution in [2.75, 3.05) is 20.6 Å². The van der Waals surface area contributed by atoms with Crippen molar-refractivity contribution in [2.24, 2.45) is 5.92 Å². The number of aromatic nitrogens is 2. The molecular formula is C25H46N4O4. The van der Waals surface area contributed by atoms with Crippen LogP contribution in [0.5, 0.6) is 0 Å². The molecule has 1 aliphatic carbocycles. The molecule has 2 rings (SSSR count). The van der Waals surface area contributed by atoms with Gasteiger partial charge in [-0.1, -0.05) is 63.9 Å². The van der Waals surface area contributed by atoms with Gasteiger partial charge < -0.3 is 14.6 Å². The fourth-order valence-electron chi connectivity index (χ4n) is 4.14. The average Bonchev–Trinajstić information content (AvgIpc) is 3.22. The molecule has 0 bridgehead atoms. The van der Waals surface area contributed by atoms with Crippen molar-refractivity contribution in [2.45, 2.75) is 110 Å². The van der Waals surface area contributed by atoms with Gasteiger partial charge in [-0.15, -0.1) is 0 Å². The van der Waals surface area contributed by atoms with E-state index in [1.54, 1.807) is 7.05 Å². The number of hydrogen-bond donors (Lipinski definition) is 1. The monoisotopic (exact) mass is 466 g/mol. The van der Waals surface area contributed by atoms with Crippen LogP contribution in [0.3, 0.4) is 0 Å². The second-order valence-corrected chi connectivity index (χ2v) is 9.82. The molecule has 1 aromatic rings. The molecular weight excluding hydrogens is 420 g/mol. The normalized spacial score (nSPS) is 15.5. The van der Waals surface area contributed by atoms with Crippen molar-refractivity contribution >= 4 is 11.9 Å². The van der Waals surface area contributed by atoms with Gasteiger partial charge in [0, 0.05) is 13.0 Å². The summed E-state index contributed by atoms with van der Waals surface area (Å²) in [5.74, 6) is 1.33. The largest absolute Gasteiger partial charge is 0.460 e. The standard InChI is InChI=1S/C23H40N4O4.C2H6/c1-23(2,3)30-21(29)14-18(13-9-12-17-10-7-6-8-11-17)22-25-19(26-31-22)15-27(5)16-20(28)24-4;1-2/h17-18H,6-16H2,1-5H3,(H,24,28);1-2H3/t18-;/m1./s1. The van der Waals surface area contributed by atoms with E-state index < -0.39 is 5.60 Å². The number of nitrogens with one attached hydrogen (secondary N) is 1. The number of esters is 1. The molecule has 1 fully saturated rings. The Labute approximate surface area is 200 Å². The molecule has 0 aromatic carbocycles. The summed E-state index contributed by atoms with van der Waals surface area (Å²) < 4.78 is 11.1. The van der Waals surface area contributed by atoms with Gasteiger partial charge in [-0.2, -0.15) is 4.98 Å². The van der Waals surface area contributed by atoms with Crippen molar-refractivity contribution < 1.29 is 18.8 Å². The first-order chi connectivity index (χ1) is 15.7. The molecule has 1 N–H and O–H groups in total. The number of carbonyl (C=O) groups is 2. The van der Waals surface area contributed by atoms with E-state index in [1.165, 1.54) is 38.5 Å². The molecule has 0 spiro atoms. The Bertz CT molecular complexity index is 693. The molecule has 190 valence electrons. The number of amides is 1. The maximum absolute atomic E-state index is 12.5. The Balaban J connectivity index is 0.00000265. The van der Waals surface area contributed by atoms with Crippen LogP contribution in [0.2, 0.25) is 0 Å². The van der Waals surface area contributed by atoms with Crippen LogP contribution in [0, 0.1) is 5.92 Å². The second-order valence-electron chi connectivity index (χ2n) is 9.82. The number of hydrogen-bond acceptors (Lipinski definition) is 7. The minimum atomic E-state index is -0.522. The maximum atomic E-state index is 12.5. The molecule has 1 atom stereocenters. The molecule has 1 heterocycles. The zero-order valence-electron chi connectivity index (χ0n) is 21.9. The Kier molecular flexibility index (Phi) is 13.3. The van der Waals surface area contributed by atoms with E-state index in [-0.39, 0.29) is 30.8 Å². The molecule has 0 radical (unpaired) electrons. The third-order valence-corrected chi connectivity index (χ3v) is 5.66. The third-order valence-electron chi connectivity index (χ3n) is 5.66. The summed E-state index contributed by atoms with van der Waals surface area (Å²) in [5.41, 5.74) is -0.522. The first-order valence-electron chi connectivity index (χ1n) is 12.6. The molecule has 33 heavy (non-hydrogen) atoms. The van der Waals surface area contributed by atoms with Crippen LogP contribution < -0.4 is 5.32 Å². The van der Waals surface area contributed by atoms with E-state index in [0.29, 0.717) is 18.3 Å². The van der Waals surface area contributed by atoms with Crippen LogP contribution in [-0.2, 0) is 20.9 Å². The summed E-state index contributed by atoms with van der Waals surface area (Å²) >= 11 is 0. The lowest BCUT2D eigenvalue weighted by Crippen LogP contribution is -2.32. The van der Waals surface area contributed by atoms with Crippen LogP contribution in [0.1, 0.15) is 110 Å². The van der Waals surface area contributed by atoms with Gasteiger partial charge in [0.1, 0.15) is 5.60 Å². The summed E-state index contributed by atoms with van der Waals surface area (Å²) in [4.78, 5) is 30.4. The van der Waals surface area contributed by atoms with Crippen molar-refractivity contribution in [3.05, 3.63) is 11.7 Å². The van der Waals surface area contributed by atoms with E-state index in [2.05, 4.69) is 15.5 Å². The Morgan fingerprint density at radius 2 is 1.88 bits per heavy atom. The fourth-order valence-corrected chi connectivity index (χ4v) is 4.14. The minimum absolute atomic E-state index is 0.0725. The smallest absolute Gasteiger partial charge is 0.307 e. The van der Waals surface area contributed by atoms with E-state index in [0.717, 1.165) is 18.8 Å². The highest BCUT2D eigenvalue weighted by molar-refractivity contribution is 5.77. The Hall–Kier alpha value is -1.96. The summed E-state index contributed by atoms with van der Waals surface area (Å²) in [6.45, 7) is 10.3. The van der Waals surface area contributed by atoms with Gasteiger partial charge >= 0.3 is 5.97 Å². The first kappa shape index (κ1) is 29.1. The Morgan fingerprint density at radius 1 is 1.21 bits per heavy atom. The highest BCUT2D eigenvalue weighted by Gasteiger charge is 2.26. The number of ether oxygens (including phenoxy) is 1. The van der Waals surface area contributed by atoms with Crippen LogP contribution in [0.15, 0.2) is 4.52 Å². The van der Waals surface area contributed by atoms with E-state index >= 15 is 0 Å². The molecule has 8 nitrogen and oxygen atoms in total. The van der Waals surface area contributed by atoms with Gasteiger partial charge in [0.25, 0.3) is 0 Å². The SMILES string of the molecule is CC.CNC(=O)CN(C)Cc1noc([C@H](CCCC2CCCCC2)CC(=O)OC(C)(C)C)n1. The van der Waals surface area contributed by atoms with Crippen molar-refractivity contribution in [3.8, 4) is 0 Å². The van der Waals surface area contributed by atoms with Crippen LogP contribution in [0.4, 0.5) is 0 Å². The number of nitrogens with zero attached hydrogens (tertiary/aromatic N) is 3. The van der Waals surface area contributed by atoms with E-state index in [9.17, 15) is 9.59 Å². The molecule has 0 aliphatic heterocycles. The number of likely N-dealkylation sites (N-methyl/N-ethyl adjacent to an activating group) is 2. The zero-order valence-corrected chi connectivity index (χ0v) is 21.9. The van der Waals surface area contributed by atoms with Crippen molar-refractivity contribution in [1.82, 2.24) is 20.4 Å². The molecule has 0 saturated heterocycles. The molecule has 1 amide bonds. The predicted octanol–water partition coefficient (Wildman–Crippen LogP) is 4.84. The van der Waals surface area contributed by atoms with Crippen LogP contribution in [0.25, 0.3) is 0 Å². The molecule has 0 unspecified atom stereocenters. The lowest BCUT2D eigenvalue weighted by Gasteiger charge is -2.23. The van der Waals surface area contributed by atoms with Gasteiger partial charge in [-0.3, -0.25) is 14.5 Å². The quantitative estimate of drug-likeness (QED) is 0.466. The topological polar surface area (TPSA) is 97.6 Å². The molecule has 1 saturated carbocycles. The van der Waals surface area contributed by atoms with Gasteiger partial charge in [-0.25, -0.2) is 0 Å². The lowest BCUT2D eigenvalue weighted by molar-refractivity contribution is -0.155. The summed E-state index contributed by atoms with van der Waals surface area (Å²) in [6, 6.07) is 0.